The molecule has 1 N–H and O–H groups in total. The molecular formula is C22H23N5S. The molecule has 0 aliphatic rings. The molecule has 5 nitrogen and oxygen atoms in total. The lowest BCUT2D eigenvalue weighted by Gasteiger charge is -2.06. The van der Waals surface area contributed by atoms with Gasteiger partial charge >= 0.3 is 0 Å². The van der Waals surface area contributed by atoms with Gasteiger partial charge in [0.2, 0.25) is 0 Å². The fourth-order valence-corrected chi connectivity index (χ4v) is 3.49. The molecule has 0 bridgehead atoms. The maximum Gasteiger partial charge on any atom is 0.132 e. The third-order valence-electron chi connectivity index (χ3n) is 3.80. The van der Waals surface area contributed by atoms with Crippen LogP contribution < -0.4 is 5.32 Å². The molecule has 0 amide bonds. The fraction of sp³-hybridized carbons (Fsp3) is 0.182. The third kappa shape index (κ3) is 5.20. The van der Waals surface area contributed by atoms with E-state index in [1.54, 1.807) is 23.7 Å². The molecule has 28 heavy (non-hydrogen) atoms. The molecule has 6 heteroatoms. The third-order valence-corrected chi connectivity index (χ3v) is 4.82. The lowest BCUT2D eigenvalue weighted by atomic mass is 10.2. The number of aromatic nitrogens is 4. The van der Waals surface area contributed by atoms with Gasteiger partial charge in [-0.2, -0.15) is 0 Å². The topological polar surface area (TPSA) is 63.6 Å². The number of nitrogens with zero attached hydrogens (tertiary/aromatic N) is 4. The zero-order chi connectivity index (χ0) is 19.8. The first kappa shape index (κ1) is 19.6. The van der Waals surface area contributed by atoms with Gasteiger partial charge in [0.25, 0.3) is 0 Å². The summed E-state index contributed by atoms with van der Waals surface area (Å²) in [4.78, 5) is 18.7. The number of rotatable bonds is 5. The molecular weight excluding hydrogens is 366 g/mol. The molecule has 0 aliphatic carbocycles. The maximum absolute atomic E-state index is 4.70. The smallest absolute Gasteiger partial charge is 0.132 e. The zero-order valence-electron chi connectivity index (χ0n) is 16.3. The molecule has 0 radical (unpaired) electrons. The van der Waals surface area contributed by atoms with E-state index in [0.29, 0.717) is 0 Å². The van der Waals surface area contributed by atoms with E-state index in [4.69, 9.17) is 4.98 Å². The molecule has 0 spiro atoms. The van der Waals surface area contributed by atoms with Crippen molar-refractivity contribution in [2.45, 2.75) is 27.2 Å². The molecule has 142 valence electrons. The standard InChI is InChI=1S/C20H17N5S.C2H6/c1-14-7-9-22-19(10-14)25-18-6-2-5-16(24-18)17-13-23-20(26-17)11-15-4-3-8-21-12-15;1-2/h2-10,12-13H,11H2,1H3,(H,22,24,25);1-2H3. The number of hydrogen-bond donors (Lipinski definition) is 1. The Labute approximate surface area is 169 Å². The van der Waals surface area contributed by atoms with Crippen LogP contribution in [0, 0.1) is 6.92 Å². The van der Waals surface area contributed by atoms with Crippen molar-refractivity contribution in [1.82, 2.24) is 19.9 Å². The van der Waals surface area contributed by atoms with Crippen LogP contribution in [0.2, 0.25) is 0 Å². The Bertz CT molecular complexity index is 1010. The highest BCUT2D eigenvalue weighted by molar-refractivity contribution is 7.15. The zero-order valence-corrected chi connectivity index (χ0v) is 17.1. The maximum atomic E-state index is 4.70. The highest BCUT2D eigenvalue weighted by Gasteiger charge is 2.08. The molecule has 0 unspecified atom stereocenters. The minimum absolute atomic E-state index is 0.766. The molecule has 4 aromatic rings. The quantitative estimate of drug-likeness (QED) is 0.477. The molecule has 4 rings (SSSR count). The summed E-state index contributed by atoms with van der Waals surface area (Å²) in [7, 11) is 0. The number of aryl methyl sites for hydroxylation is 1. The van der Waals surface area contributed by atoms with Crippen LogP contribution in [0.4, 0.5) is 11.6 Å². The van der Waals surface area contributed by atoms with Crippen LogP contribution in [0.5, 0.6) is 0 Å². The predicted octanol–water partition coefficient (Wildman–Crippen LogP) is 5.66. The second-order valence-electron chi connectivity index (χ2n) is 5.91. The van der Waals surface area contributed by atoms with Crippen LogP contribution in [0.25, 0.3) is 10.6 Å². The summed E-state index contributed by atoms with van der Waals surface area (Å²) >= 11 is 1.65. The van der Waals surface area contributed by atoms with Crippen LogP contribution in [-0.2, 0) is 6.42 Å². The lowest BCUT2D eigenvalue weighted by Crippen LogP contribution is -1.96. The Hall–Kier alpha value is -3.12. The normalized spacial score (nSPS) is 10.1. The Balaban J connectivity index is 0.00000109. The monoisotopic (exact) mass is 389 g/mol. The van der Waals surface area contributed by atoms with Crippen molar-refractivity contribution < 1.29 is 0 Å². The number of hydrogen-bond acceptors (Lipinski definition) is 6. The van der Waals surface area contributed by atoms with Crippen LogP contribution in [0.15, 0.2) is 67.3 Å². The lowest BCUT2D eigenvalue weighted by molar-refractivity contribution is 1.11. The van der Waals surface area contributed by atoms with Crippen LogP contribution in [0.3, 0.4) is 0 Å². The van der Waals surface area contributed by atoms with Crippen molar-refractivity contribution in [1.29, 1.82) is 0 Å². The van der Waals surface area contributed by atoms with E-state index in [-0.39, 0.29) is 0 Å². The van der Waals surface area contributed by atoms with E-state index in [1.807, 2.05) is 69.6 Å². The summed E-state index contributed by atoms with van der Waals surface area (Å²) in [6.45, 7) is 6.04. The minimum Gasteiger partial charge on any atom is -0.325 e. The van der Waals surface area contributed by atoms with E-state index in [1.165, 1.54) is 0 Å². The summed E-state index contributed by atoms with van der Waals surface area (Å²) < 4.78 is 0. The molecule has 4 aromatic heterocycles. The molecule has 0 fully saturated rings. The number of thiazole rings is 1. The van der Waals surface area contributed by atoms with Crippen LogP contribution >= 0.6 is 11.3 Å². The van der Waals surface area contributed by atoms with Crippen molar-refractivity contribution in [2.24, 2.45) is 0 Å². The van der Waals surface area contributed by atoms with E-state index < -0.39 is 0 Å². The van der Waals surface area contributed by atoms with E-state index in [2.05, 4.69) is 26.3 Å². The number of anilines is 2. The Kier molecular flexibility index (Phi) is 6.81. The average Bonchev–Trinajstić information content (AvgIpc) is 3.19. The molecule has 4 heterocycles. The summed E-state index contributed by atoms with van der Waals surface area (Å²) in [6, 6.07) is 13.9. The largest absolute Gasteiger partial charge is 0.325 e. The SMILES string of the molecule is CC.Cc1ccnc(Nc2cccc(-c3cnc(Cc4cccnc4)s3)n2)c1. The first-order valence-corrected chi connectivity index (χ1v) is 10.1. The Morgan fingerprint density at radius 1 is 0.929 bits per heavy atom. The minimum atomic E-state index is 0.766. The summed E-state index contributed by atoms with van der Waals surface area (Å²) in [5.41, 5.74) is 3.21. The van der Waals surface area contributed by atoms with Gasteiger partial charge in [-0.05, 0) is 48.4 Å². The van der Waals surface area contributed by atoms with E-state index in [9.17, 15) is 0 Å². The van der Waals surface area contributed by atoms with Crippen LogP contribution in [-0.4, -0.2) is 19.9 Å². The van der Waals surface area contributed by atoms with Gasteiger partial charge in [-0.3, -0.25) is 4.98 Å². The summed E-state index contributed by atoms with van der Waals surface area (Å²) in [5, 5.41) is 4.30. The first-order chi connectivity index (χ1) is 13.8. The van der Waals surface area contributed by atoms with Crippen molar-refractivity contribution in [3.8, 4) is 10.6 Å². The molecule has 0 atom stereocenters. The van der Waals surface area contributed by atoms with Gasteiger partial charge in [-0.1, -0.05) is 26.0 Å². The van der Waals surface area contributed by atoms with Gasteiger partial charge in [0, 0.05) is 31.2 Å². The highest BCUT2D eigenvalue weighted by atomic mass is 32.1. The van der Waals surface area contributed by atoms with Crippen molar-refractivity contribution in [2.75, 3.05) is 5.32 Å². The predicted molar refractivity (Wildman–Crippen MR) is 116 cm³/mol. The summed E-state index contributed by atoms with van der Waals surface area (Å²) in [6.07, 6.45) is 8.10. The average molecular weight is 390 g/mol. The van der Waals surface area contributed by atoms with Gasteiger partial charge in [0.15, 0.2) is 0 Å². The van der Waals surface area contributed by atoms with Crippen molar-refractivity contribution in [3.63, 3.8) is 0 Å². The van der Waals surface area contributed by atoms with Crippen LogP contribution in [0.1, 0.15) is 30.0 Å². The highest BCUT2D eigenvalue weighted by Crippen LogP contribution is 2.27. The Morgan fingerprint density at radius 2 is 1.82 bits per heavy atom. The summed E-state index contributed by atoms with van der Waals surface area (Å²) in [5.74, 6) is 1.55. The van der Waals surface area contributed by atoms with Gasteiger partial charge < -0.3 is 5.32 Å². The number of pyridine rings is 3. The number of nitrogens with one attached hydrogen (secondary N) is 1. The first-order valence-electron chi connectivity index (χ1n) is 9.27. The molecule has 0 saturated heterocycles. The van der Waals surface area contributed by atoms with E-state index >= 15 is 0 Å². The van der Waals surface area contributed by atoms with Crippen molar-refractivity contribution >= 4 is 23.0 Å². The van der Waals surface area contributed by atoms with Gasteiger partial charge in [-0.25, -0.2) is 15.0 Å². The van der Waals surface area contributed by atoms with Crippen molar-refractivity contribution in [3.05, 3.63) is 83.4 Å². The Morgan fingerprint density at radius 3 is 2.61 bits per heavy atom. The fourth-order valence-electron chi connectivity index (χ4n) is 2.57. The molecule has 0 aromatic carbocycles. The second kappa shape index (κ2) is 9.71. The van der Waals surface area contributed by atoms with Gasteiger partial charge in [-0.15, -0.1) is 11.3 Å². The molecule has 0 aliphatic heterocycles. The second-order valence-corrected chi connectivity index (χ2v) is 7.02. The van der Waals surface area contributed by atoms with Gasteiger partial charge in [0.1, 0.15) is 11.6 Å². The molecule has 0 saturated carbocycles. The van der Waals surface area contributed by atoms with Gasteiger partial charge in [0.05, 0.1) is 15.6 Å². The van der Waals surface area contributed by atoms with E-state index in [0.717, 1.165) is 44.8 Å².